The minimum Gasteiger partial charge on any atom is -0.307 e. The smallest absolute Gasteiger partial charge is 0.0453 e. The van der Waals surface area contributed by atoms with Crippen molar-refractivity contribution in [3.63, 3.8) is 0 Å². The van der Waals surface area contributed by atoms with Gasteiger partial charge in [-0.2, -0.15) is 0 Å². The lowest BCUT2D eigenvalue weighted by molar-refractivity contribution is 1.09. The Morgan fingerprint density at radius 1 is 1.07 bits per heavy atom. The fourth-order valence-corrected chi connectivity index (χ4v) is 2.06. The molecule has 1 N–H and O–H groups in total. The van der Waals surface area contributed by atoms with Crippen LogP contribution in [0.3, 0.4) is 0 Å². The first-order valence-corrected chi connectivity index (χ1v) is 5.08. The van der Waals surface area contributed by atoms with Crippen LogP contribution < -0.4 is 5.32 Å². The number of hydrogen-bond donors (Lipinski definition) is 1. The first-order valence-electron chi connectivity index (χ1n) is 5.08. The highest BCUT2D eigenvalue weighted by molar-refractivity contribution is 5.89. The summed E-state index contributed by atoms with van der Waals surface area (Å²) in [4.78, 5) is 0. The number of benzene rings is 2. The van der Waals surface area contributed by atoms with Crippen LogP contribution in [0.25, 0.3) is 10.8 Å². The summed E-state index contributed by atoms with van der Waals surface area (Å²) in [6.07, 6.45) is 0. The van der Waals surface area contributed by atoms with E-state index in [1.54, 1.807) is 0 Å². The van der Waals surface area contributed by atoms with Gasteiger partial charge in [0, 0.05) is 12.6 Å². The van der Waals surface area contributed by atoms with E-state index >= 15 is 0 Å². The molecule has 1 saturated heterocycles. The van der Waals surface area contributed by atoms with Crippen molar-refractivity contribution in [3.8, 4) is 0 Å². The molecule has 0 aromatic heterocycles. The SMILES string of the molecule is Cc1ccc([C@H]2CN2)c2ccccc12. The van der Waals surface area contributed by atoms with Crippen molar-refractivity contribution >= 4 is 10.8 Å². The molecule has 1 nitrogen and oxygen atoms in total. The Bertz CT molecular complexity index is 484. The molecule has 70 valence electrons. The number of aryl methyl sites for hydroxylation is 1. The van der Waals surface area contributed by atoms with E-state index in [0.29, 0.717) is 6.04 Å². The van der Waals surface area contributed by atoms with E-state index in [0.717, 1.165) is 6.54 Å². The average molecular weight is 183 g/mol. The minimum absolute atomic E-state index is 0.598. The predicted molar refractivity (Wildman–Crippen MR) is 59.4 cm³/mol. The lowest BCUT2D eigenvalue weighted by Crippen LogP contribution is -1.88. The van der Waals surface area contributed by atoms with Gasteiger partial charge < -0.3 is 5.32 Å². The minimum atomic E-state index is 0.598. The fourth-order valence-electron chi connectivity index (χ4n) is 2.06. The summed E-state index contributed by atoms with van der Waals surface area (Å²) < 4.78 is 0. The van der Waals surface area contributed by atoms with Crippen LogP contribution in [0.1, 0.15) is 17.2 Å². The lowest BCUT2D eigenvalue weighted by Gasteiger charge is -2.06. The Hall–Kier alpha value is -1.34. The molecule has 0 aliphatic carbocycles. The molecule has 1 heterocycles. The second kappa shape index (κ2) is 2.82. The third kappa shape index (κ3) is 1.13. The van der Waals surface area contributed by atoms with E-state index < -0.39 is 0 Å². The summed E-state index contributed by atoms with van der Waals surface area (Å²) in [5.41, 5.74) is 2.82. The summed E-state index contributed by atoms with van der Waals surface area (Å²) in [7, 11) is 0. The van der Waals surface area contributed by atoms with E-state index in [2.05, 4.69) is 48.6 Å². The molecule has 0 spiro atoms. The molecular formula is C13H13N. The van der Waals surface area contributed by atoms with Crippen LogP contribution in [0.2, 0.25) is 0 Å². The predicted octanol–water partition coefficient (Wildman–Crippen LogP) is 2.79. The Morgan fingerprint density at radius 2 is 1.79 bits per heavy atom. The maximum absolute atomic E-state index is 3.36. The van der Waals surface area contributed by atoms with Gasteiger partial charge in [0.15, 0.2) is 0 Å². The first-order chi connectivity index (χ1) is 6.86. The van der Waals surface area contributed by atoms with Gasteiger partial charge in [-0.1, -0.05) is 36.4 Å². The lowest BCUT2D eigenvalue weighted by atomic mass is 9.99. The molecule has 1 fully saturated rings. The van der Waals surface area contributed by atoms with Gasteiger partial charge in [0.2, 0.25) is 0 Å². The van der Waals surface area contributed by atoms with Crippen LogP contribution in [0, 0.1) is 6.92 Å². The molecule has 0 saturated carbocycles. The molecule has 2 aromatic rings. The molecule has 0 amide bonds. The standard InChI is InChI=1S/C13H13N/c1-9-6-7-12(13-8-14-13)11-5-3-2-4-10(9)11/h2-7,13-14H,8H2,1H3/t13-/m1/s1. The van der Waals surface area contributed by atoms with Crippen molar-refractivity contribution < 1.29 is 0 Å². The molecule has 0 unspecified atom stereocenters. The van der Waals surface area contributed by atoms with Gasteiger partial charge in [0.05, 0.1) is 0 Å². The number of fused-ring (bicyclic) bond motifs is 1. The van der Waals surface area contributed by atoms with Crippen molar-refractivity contribution in [3.05, 3.63) is 47.5 Å². The molecule has 14 heavy (non-hydrogen) atoms. The normalized spacial score (nSPS) is 19.9. The van der Waals surface area contributed by atoms with Crippen LogP contribution in [-0.2, 0) is 0 Å². The van der Waals surface area contributed by atoms with Gasteiger partial charge in [-0.25, -0.2) is 0 Å². The number of nitrogens with one attached hydrogen (secondary N) is 1. The van der Waals surface area contributed by atoms with E-state index in [-0.39, 0.29) is 0 Å². The van der Waals surface area contributed by atoms with E-state index in [9.17, 15) is 0 Å². The first kappa shape index (κ1) is 8.01. The second-order valence-corrected chi connectivity index (χ2v) is 3.98. The highest BCUT2D eigenvalue weighted by Crippen LogP contribution is 2.30. The van der Waals surface area contributed by atoms with Crippen LogP contribution in [0.4, 0.5) is 0 Å². The van der Waals surface area contributed by atoms with E-state index in [1.807, 2.05) is 0 Å². The van der Waals surface area contributed by atoms with Crippen molar-refractivity contribution in [2.75, 3.05) is 6.54 Å². The quantitative estimate of drug-likeness (QED) is 0.675. The zero-order valence-electron chi connectivity index (χ0n) is 8.25. The molecule has 0 radical (unpaired) electrons. The zero-order chi connectivity index (χ0) is 9.54. The van der Waals surface area contributed by atoms with Gasteiger partial charge in [-0.05, 0) is 28.8 Å². The van der Waals surface area contributed by atoms with Gasteiger partial charge in [-0.3, -0.25) is 0 Å². The largest absolute Gasteiger partial charge is 0.307 e. The highest BCUT2D eigenvalue weighted by Gasteiger charge is 2.23. The molecule has 3 rings (SSSR count). The monoisotopic (exact) mass is 183 g/mol. The number of rotatable bonds is 1. The fraction of sp³-hybridized carbons (Fsp3) is 0.231. The van der Waals surface area contributed by atoms with Crippen LogP contribution in [-0.4, -0.2) is 6.54 Å². The summed E-state index contributed by atoms with van der Waals surface area (Å²) >= 11 is 0. The average Bonchev–Trinajstić information content (AvgIpc) is 3.03. The molecular weight excluding hydrogens is 170 g/mol. The number of hydrogen-bond acceptors (Lipinski definition) is 1. The Labute approximate surface area is 83.8 Å². The van der Waals surface area contributed by atoms with Gasteiger partial charge >= 0.3 is 0 Å². The molecule has 0 bridgehead atoms. The highest BCUT2D eigenvalue weighted by atomic mass is 15.1. The van der Waals surface area contributed by atoms with Crippen LogP contribution in [0.5, 0.6) is 0 Å². The molecule has 2 aromatic carbocycles. The van der Waals surface area contributed by atoms with Crippen molar-refractivity contribution in [1.82, 2.24) is 5.32 Å². The topological polar surface area (TPSA) is 21.9 Å². The second-order valence-electron chi connectivity index (χ2n) is 3.98. The molecule has 1 aliphatic heterocycles. The zero-order valence-corrected chi connectivity index (χ0v) is 8.25. The Kier molecular flexibility index (Phi) is 1.62. The Morgan fingerprint density at radius 3 is 2.50 bits per heavy atom. The van der Waals surface area contributed by atoms with Crippen molar-refractivity contribution in [2.24, 2.45) is 0 Å². The third-order valence-electron chi connectivity index (χ3n) is 2.96. The van der Waals surface area contributed by atoms with Crippen molar-refractivity contribution in [2.45, 2.75) is 13.0 Å². The summed E-state index contributed by atoms with van der Waals surface area (Å²) in [5, 5.41) is 6.16. The maximum atomic E-state index is 3.36. The summed E-state index contributed by atoms with van der Waals surface area (Å²) in [6.45, 7) is 3.31. The molecule has 1 heteroatoms. The summed E-state index contributed by atoms with van der Waals surface area (Å²) in [6, 6.07) is 13.7. The van der Waals surface area contributed by atoms with E-state index in [4.69, 9.17) is 0 Å². The van der Waals surface area contributed by atoms with Gasteiger partial charge in [0.25, 0.3) is 0 Å². The van der Waals surface area contributed by atoms with Crippen molar-refractivity contribution in [1.29, 1.82) is 0 Å². The van der Waals surface area contributed by atoms with E-state index in [1.165, 1.54) is 21.9 Å². The molecule has 1 atom stereocenters. The maximum Gasteiger partial charge on any atom is 0.0453 e. The van der Waals surface area contributed by atoms with Crippen LogP contribution >= 0.6 is 0 Å². The molecule has 1 aliphatic rings. The Balaban J connectivity index is 2.35. The van der Waals surface area contributed by atoms with Crippen LogP contribution in [0.15, 0.2) is 36.4 Å². The van der Waals surface area contributed by atoms with Gasteiger partial charge in [0.1, 0.15) is 0 Å². The van der Waals surface area contributed by atoms with Gasteiger partial charge in [-0.15, -0.1) is 0 Å². The summed E-state index contributed by atoms with van der Waals surface area (Å²) in [5.74, 6) is 0. The third-order valence-corrected chi connectivity index (χ3v) is 2.96.